The lowest BCUT2D eigenvalue weighted by molar-refractivity contribution is -0.133. The van der Waals surface area contributed by atoms with Crippen LogP contribution in [0, 0.1) is 24.1 Å². The van der Waals surface area contributed by atoms with Crippen LogP contribution in [0.2, 0.25) is 5.02 Å². The first-order chi connectivity index (χ1) is 17.3. The summed E-state index contributed by atoms with van der Waals surface area (Å²) in [5.41, 5.74) is 7.41. The number of halogens is 2. The molecule has 2 heterocycles. The van der Waals surface area contributed by atoms with E-state index in [0.29, 0.717) is 53.3 Å². The molecule has 1 unspecified atom stereocenters. The third-order valence-electron chi connectivity index (χ3n) is 6.33. The molecule has 10 heteroatoms. The Balaban J connectivity index is 1.63. The van der Waals surface area contributed by atoms with Crippen molar-refractivity contribution in [2.75, 3.05) is 32.0 Å². The molecular weight excluding hydrogens is 503 g/mol. The van der Waals surface area contributed by atoms with Crippen LogP contribution in [0.1, 0.15) is 17.5 Å². The van der Waals surface area contributed by atoms with Crippen molar-refractivity contribution in [3.63, 3.8) is 0 Å². The largest absolute Gasteiger partial charge is 0.492 e. The molecule has 4 rings (SSSR count). The fourth-order valence-corrected chi connectivity index (χ4v) is 5.86. The Labute approximate surface area is 217 Å². The number of thiophene rings is 1. The molecule has 1 aliphatic heterocycles. The van der Waals surface area contributed by atoms with E-state index in [1.807, 2.05) is 6.07 Å². The van der Waals surface area contributed by atoms with Crippen LogP contribution < -0.4 is 10.5 Å². The van der Waals surface area contributed by atoms with Crippen molar-refractivity contribution in [2.24, 2.45) is 0 Å². The summed E-state index contributed by atoms with van der Waals surface area (Å²) in [6, 6.07) is 8.51. The third-order valence-corrected chi connectivity index (χ3v) is 7.67. The molecule has 0 radical (unpaired) electrons. The summed E-state index contributed by atoms with van der Waals surface area (Å²) in [6.07, 6.45) is 2.47. The minimum absolute atomic E-state index is 0.0908. The topological polar surface area (TPSA) is 99.7 Å². The standard InChI is InChI=1S/C26H24ClFN4O3S/c1-3-21(34)31-8-9-32(14-33)16(13-31)7-10-35-25-15(2)11-19(28)23(24(25)27)17-5-4-6-20-22(17)18(12-29)26(30)36-20/h3-6,11,14,16H,1,7-10,13,30H2,2H3. The molecule has 0 aliphatic carbocycles. The van der Waals surface area contributed by atoms with Gasteiger partial charge in [0, 0.05) is 41.7 Å². The fraction of sp³-hybridized carbons (Fsp3) is 0.269. The number of piperazine rings is 1. The van der Waals surface area contributed by atoms with Crippen molar-refractivity contribution >= 4 is 50.3 Å². The molecule has 1 saturated heterocycles. The van der Waals surface area contributed by atoms with E-state index in [2.05, 4.69) is 12.6 Å². The second-order valence-electron chi connectivity index (χ2n) is 8.45. The number of nitrogen functional groups attached to an aromatic ring is 1. The van der Waals surface area contributed by atoms with Crippen LogP contribution in [0.3, 0.4) is 0 Å². The zero-order valence-electron chi connectivity index (χ0n) is 19.6. The Morgan fingerprint density at radius 2 is 2.22 bits per heavy atom. The number of carbonyl (C=O) groups is 2. The predicted molar refractivity (Wildman–Crippen MR) is 140 cm³/mol. The molecule has 1 fully saturated rings. The number of amides is 2. The van der Waals surface area contributed by atoms with Crippen LogP contribution in [0.4, 0.5) is 9.39 Å². The van der Waals surface area contributed by atoms with Crippen molar-refractivity contribution < 1.29 is 18.7 Å². The number of hydrogen-bond acceptors (Lipinski definition) is 6. The fourth-order valence-electron chi connectivity index (χ4n) is 4.52. The molecule has 0 spiro atoms. The number of carbonyl (C=O) groups excluding carboxylic acids is 2. The lowest BCUT2D eigenvalue weighted by Gasteiger charge is -2.39. The second kappa shape index (κ2) is 10.6. The predicted octanol–water partition coefficient (Wildman–Crippen LogP) is 4.75. The summed E-state index contributed by atoms with van der Waals surface area (Å²) in [7, 11) is 0. The monoisotopic (exact) mass is 526 g/mol. The molecule has 7 nitrogen and oxygen atoms in total. The van der Waals surface area contributed by atoms with Crippen LogP contribution in [0.15, 0.2) is 36.9 Å². The van der Waals surface area contributed by atoms with Gasteiger partial charge in [0.05, 0.1) is 23.2 Å². The van der Waals surface area contributed by atoms with Gasteiger partial charge >= 0.3 is 0 Å². The Bertz CT molecular complexity index is 1400. The molecular formula is C26H24ClFN4O3S. The first kappa shape index (κ1) is 25.5. The summed E-state index contributed by atoms with van der Waals surface area (Å²) < 4.78 is 22.0. The number of anilines is 1. The maximum absolute atomic E-state index is 15.3. The molecule has 1 atom stereocenters. The summed E-state index contributed by atoms with van der Waals surface area (Å²) >= 11 is 7.97. The van der Waals surface area contributed by atoms with E-state index in [9.17, 15) is 14.9 Å². The average Bonchev–Trinajstić information content (AvgIpc) is 3.20. The average molecular weight is 527 g/mol. The van der Waals surface area contributed by atoms with Gasteiger partial charge < -0.3 is 20.3 Å². The van der Waals surface area contributed by atoms with Gasteiger partial charge in [0.15, 0.2) is 0 Å². The minimum atomic E-state index is -0.538. The summed E-state index contributed by atoms with van der Waals surface area (Å²) in [6.45, 7) is 6.64. The van der Waals surface area contributed by atoms with Crippen LogP contribution in [-0.2, 0) is 9.59 Å². The van der Waals surface area contributed by atoms with Crippen molar-refractivity contribution in [1.29, 1.82) is 5.26 Å². The first-order valence-corrected chi connectivity index (χ1v) is 12.4. The lowest BCUT2D eigenvalue weighted by Crippen LogP contribution is -2.54. The van der Waals surface area contributed by atoms with Crippen molar-refractivity contribution in [1.82, 2.24) is 9.80 Å². The van der Waals surface area contributed by atoms with Gasteiger partial charge in [-0.3, -0.25) is 9.59 Å². The normalized spacial score (nSPS) is 15.6. The maximum Gasteiger partial charge on any atom is 0.246 e. The molecule has 0 saturated carbocycles. The van der Waals surface area contributed by atoms with Crippen LogP contribution in [0.25, 0.3) is 21.2 Å². The van der Waals surface area contributed by atoms with Crippen molar-refractivity contribution in [3.05, 3.63) is 58.9 Å². The van der Waals surface area contributed by atoms with Gasteiger partial charge in [-0.05, 0) is 36.3 Å². The Morgan fingerprint density at radius 3 is 2.92 bits per heavy atom. The highest BCUT2D eigenvalue weighted by Gasteiger charge is 2.28. The van der Waals surface area contributed by atoms with E-state index in [-0.39, 0.29) is 34.7 Å². The zero-order valence-corrected chi connectivity index (χ0v) is 21.2. The second-order valence-corrected chi connectivity index (χ2v) is 9.91. The van der Waals surface area contributed by atoms with E-state index < -0.39 is 5.82 Å². The number of aryl methyl sites for hydroxylation is 1. The Kier molecular flexibility index (Phi) is 7.48. The smallest absolute Gasteiger partial charge is 0.246 e. The van der Waals surface area contributed by atoms with E-state index in [0.717, 1.165) is 11.1 Å². The van der Waals surface area contributed by atoms with Gasteiger partial charge in [0.1, 0.15) is 22.6 Å². The van der Waals surface area contributed by atoms with E-state index in [1.165, 1.54) is 23.5 Å². The van der Waals surface area contributed by atoms with Crippen LogP contribution in [-0.4, -0.2) is 54.4 Å². The SMILES string of the molecule is C=CC(=O)N1CCN(C=O)C(CCOc2c(C)cc(F)c(-c3cccc4sc(N)c(C#N)c34)c2Cl)C1. The molecule has 2 N–H and O–H groups in total. The number of fused-ring (bicyclic) bond motifs is 1. The molecule has 1 aliphatic rings. The number of benzene rings is 2. The van der Waals surface area contributed by atoms with Crippen LogP contribution >= 0.6 is 22.9 Å². The summed E-state index contributed by atoms with van der Waals surface area (Å²) in [5, 5.41) is 10.6. The van der Waals surface area contributed by atoms with Gasteiger partial charge in [-0.2, -0.15) is 5.26 Å². The van der Waals surface area contributed by atoms with E-state index in [4.69, 9.17) is 22.1 Å². The quantitative estimate of drug-likeness (QED) is 0.354. The Hall–Kier alpha value is -3.61. The number of nitriles is 1. The highest BCUT2D eigenvalue weighted by molar-refractivity contribution is 7.23. The number of hydrogen-bond donors (Lipinski definition) is 1. The number of nitrogens with zero attached hydrogens (tertiary/aromatic N) is 3. The summed E-state index contributed by atoms with van der Waals surface area (Å²) in [5.74, 6) is -0.406. The third kappa shape index (κ3) is 4.62. The van der Waals surface area contributed by atoms with Gasteiger partial charge in [-0.15, -0.1) is 11.3 Å². The van der Waals surface area contributed by atoms with Gasteiger partial charge in [0.25, 0.3) is 0 Å². The van der Waals surface area contributed by atoms with Gasteiger partial charge in [0.2, 0.25) is 12.3 Å². The van der Waals surface area contributed by atoms with E-state index in [1.54, 1.807) is 28.9 Å². The maximum atomic E-state index is 15.3. The molecule has 186 valence electrons. The molecule has 0 bridgehead atoms. The molecule has 3 aromatic rings. The van der Waals surface area contributed by atoms with Crippen molar-refractivity contribution in [2.45, 2.75) is 19.4 Å². The molecule has 2 amide bonds. The van der Waals surface area contributed by atoms with Gasteiger partial charge in [-0.25, -0.2) is 4.39 Å². The number of ether oxygens (including phenoxy) is 1. The molecule has 2 aromatic carbocycles. The highest BCUT2D eigenvalue weighted by atomic mass is 35.5. The minimum Gasteiger partial charge on any atom is -0.492 e. The lowest BCUT2D eigenvalue weighted by atomic mass is 9.97. The van der Waals surface area contributed by atoms with E-state index >= 15 is 4.39 Å². The zero-order chi connectivity index (χ0) is 26.0. The van der Waals surface area contributed by atoms with Crippen molar-refractivity contribution in [3.8, 4) is 22.9 Å². The molecule has 36 heavy (non-hydrogen) atoms. The summed E-state index contributed by atoms with van der Waals surface area (Å²) in [4.78, 5) is 26.8. The molecule has 1 aromatic heterocycles. The van der Waals surface area contributed by atoms with Crippen LogP contribution in [0.5, 0.6) is 5.75 Å². The van der Waals surface area contributed by atoms with Gasteiger partial charge in [-0.1, -0.05) is 30.3 Å². The first-order valence-electron chi connectivity index (χ1n) is 11.3. The highest BCUT2D eigenvalue weighted by Crippen LogP contribution is 2.45. The number of rotatable bonds is 7. The number of nitrogens with two attached hydrogens (primary N) is 1. The Morgan fingerprint density at radius 1 is 1.44 bits per heavy atom.